The van der Waals surface area contributed by atoms with Crippen molar-refractivity contribution >= 4 is 5.97 Å². The Balaban J connectivity index is 2.29. The second kappa shape index (κ2) is 4.87. The lowest BCUT2D eigenvalue weighted by Crippen LogP contribution is -2.15. The molecule has 0 saturated carbocycles. The summed E-state index contributed by atoms with van der Waals surface area (Å²) in [5.41, 5.74) is 0.526. The fourth-order valence-corrected chi connectivity index (χ4v) is 2.00. The highest BCUT2D eigenvalue weighted by Gasteiger charge is 2.27. The molecule has 0 spiro atoms. The van der Waals surface area contributed by atoms with Gasteiger partial charge in [-0.1, -0.05) is 13.8 Å². The van der Waals surface area contributed by atoms with Crippen LogP contribution in [-0.2, 0) is 4.74 Å². The van der Waals surface area contributed by atoms with Gasteiger partial charge in [0.05, 0.1) is 18.2 Å². The van der Waals surface area contributed by atoms with Crippen LogP contribution < -0.4 is 0 Å². The lowest BCUT2D eigenvalue weighted by molar-refractivity contribution is 0.0625. The van der Waals surface area contributed by atoms with Crippen molar-refractivity contribution < 1.29 is 19.1 Å². The molecule has 0 aliphatic carbocycles. The smallest absolute Gasteiger partial charge is 0.373 e. The number of rotatable bonds is 3. The van der Waals surface area contributed by atoms with E-state index in [-0.39, 0.29) is 17.6 Å². The Labute approximate surface area is 99.8 Å². The molecule has 1 saturated heterocycles. The third-order valence-corrected chi connectivity index (χ3v) is 2.92. The van der Waals surface area contributed by atoms with Crippen molar-refractivity contribution in [1.29, 1.82) is 0 Å². The van der Waals surface area contributed by atoms with E-state index in [1.165, 1.54) is 0 Å². The highest BCUT2D eigenvalue weighted by Crippen LogP contribution is 2.29. The molecular weight excluding hydrogens is 222 g/mol. The van der Waals surface area contributed by atoms with E-state index in [0.29, 0.717) is 18.2 Å². The number of hydrogen-bond donors (Lipinski definition) is 1. The first kappa shape index (κ1) is 12.1. The zero-order valence-corrected chi connectivity index (χ0v) is 10.1. The molecule has 1 aliphatic rings. The number of carboxylic acid groups (broad SMARTS) is 1. The van der Waals surface area contributed by atoms with Crippen LogP contribution in [0.4, 0.5) is 0 Å². The van der Waals surface area contributed by atoms with Gasteiger partial charge in [0.15, 0.2) is 0 Å². The molecule has 1 atom stereocenters. The van der Waals surface area contributed by atoms with Gasteiger partial charge in [0.25, 0.3) is 0 Å². The van der Waals surface area contributed by atoms with Crippen molar-refractivity contribution in [1.82, 2.24) is 4.98 Å². The van der Waals surface area contributed by atoms with Gasteiger partial charge in [0.1, 0.15) is 0 Å². The Morgan fingerprint density at radius 3 is 2.76 bits per heavy atom. The quantitative estimate of drug-likeness (QED) is 0.876. The number of nitrogens with zero attached hydrogens (tertiary/aromatic N) is 1. The van der Waals surface area contributed by atoms with Gasteiger partial charge in [-0.15, -0.1) is 0 Å². The monoisotopic (exact) mass is 239 g/mol. The van der Waals surface area contributed by atoms with Gasteiger partial charge in [0.2, 0.25) is 11.7 Å². The summed E-state index contributed by atoms with van der Waals surface area (Å²) in [4.78, 5) is 15.4. The first-order valence-corrected chi connectivity index (χ1v) is 5.91. The first-order chi connectivity index (χ1) is 8.09. The number of carbonyl (C=O) groups is 1. The number of aromatic carboxylic acids is 1. The molecule has 17 heavy (non-hydrogen) atoms. The van der Waals surface area contributed by atoms with Crippen LogP contribution in [-0.4, -0.2) is 29.3 Å². The molecular formula is C12H17NO4. The predicted octanol–water partition coefficient (Wildman–Crippen LogP) is 2.39. The average Bonchev–Trinajstić information content (AvgIpc) is 2.75. The summed E-state index contributed by atoms with van der Waals surface area (Å²) >= 11 is 0. The second-order valence-electron chi connectivity index (χ2n) is 4.64. The number of aromatic nitrogens is 1. The molecule has 1 N–H and O–H groups in total. The van der Waals surface area contributed by atoms with Crippen LogP contribution in [0.5, 0.6) is 0 Å². The van der Waals surface area contributed by atoms with E-state index in [1.807, 2.05) is 13.8 Å². The molecule has 1 aromatic rings. The fourth-order valence-electron chi connectivity index (χ4n) is 2.00. The van der Waals surface area contributed by atoms with Gasteiger partial charge in [-0.25, -0.2) is 9.78 Å². The summed E-state index contributed by atoms with van der Waals surface area (Å²) in [5.74, 6) is -0.437. The first-order valence-electron chi connectivity index (χ1n) is 5.91. The number of oxazole rings is 1. The van der Waals surface area contributed by atoms with Crippen molar-refractivity contribution in [2.24, 2.45) is 0 Å². The van der Waals surface area contributed by atoms with Crippen LogP contribution in [0.1, 0.15) is 60.7 Å². The zero-order valence-electron chi connectivity index (χ0n) is 10.1. The molecule has 5 heteroatoms. The minimum atomic E-state index is -1.05. The van der Waals surface area contributed by atoms with Crippen LogP contribution >= 0.6 is 0 Å². The van der Waals surface area contributed by atoms with E-state index < -0.39 is 5.97 Å². The van der Waals surface area contributed by atoms with Gasteiger partial charge in [-0.05, 0) is 18.8 Å². The van der Waals surface area contributed by atoms with Crippen LogP contribution in [0.25, 0.3) is 0 Å². The molecule has 1 unspecified atom stereocenters. The van der Waals surface area contributed by atoms with Crippen LogP contribution in [0, 0.1) is 0 Å². The van der Waals surface area contributed by atoms with E-state index >= 15 is 0 Å². The lowest BCUT2D eigenvalue weighted by atomic mass is 10.0. The Morgan fingerprint density at radius 1 is 1.53 bits per heavy atom. The van der Waals surface area contributed by atoms with Crippen molar-refractivity contribution in [2.45, 2.75) is 38.5 Å². The molecule has 2 heterocycles. The molecule has 1 aliphatic heterocycles. The number of ether oxygens (including phenoxy) is 1. The Kier molecular flexibility index (Phi) is 3.47. The normalized spacial score (nSPS) is 20.8. The van der Waals surface area contributed by atoms with E-state index in [4.69, 9.17) is 14.3 Å². The lowest BCUT2D eigenvalue weighted by Gasteiger charge is -2.18. The van der Waals surface area contributed by atoms with E-state index in [2.05, 4.69) is 4.98 Å². The van der Waals surface area contributed by atoms with Crippen LogP contribution in [0.2, 0.25) is 0 Å². The van der Waals surface area contributed by atoms with Crippen LogP contribution in [0.15, 0.2) is 4.42 Å². The molecule has 1 aromatic heterocycles. The Hall–Kier alpha value is -1.36. The van der Waals surface area contributed by atoms with Gasteiger partial charge >= 0.3 is 5.97 Å². The molecule has 0 radical (unpaired) electrons. The average molecular weight is 239 g/mol. The van der Waals surface area contributed by atoms with Crippen molar-refractivity contribution in [3.63, 3.8) is 0 Å². The summed E-state index contributed by atoms with van der Waals surface area (Å²) in [5, 5.41) is 9.06. The van der Waals surface area contributed by atoms with Gasteiger partial charge in [0, 0.05) is 6.61 Å². The Bertz CT molecular complexity index is 405. The maximum atomic E-state index is 11.1. The molecule has 1 fully saturated rings. The van der Waals surface area contributed by atoms with E-state index in [9.17, 15) is 4.79 Å². The third kappa shape index (κ3) is 2.49. The summed E-state index contributed by atoms with van der Waals surface area (Å²) in [7, 11) is 0. The molecule has 0 aromatic carbocycles. The van der Waals surface area contributed by atoms with E-state index in [1.54, 1.807) is 0 Å². The van der Waals surface area contributed by atoms with Crippen molar-refractivity contribution in [3.8, 4) is 0 Å². The molecule has 0 bridgehead atoms. The SMILES string of the molecule is CC(C)c1nc(C2CCCOC2)oc1C(=O)O. The summed E-state index contributed by atoms with van der Waals surface area (Å²) < 4.78 is 10.7. The topological polar surface area (TPSA) is 72.6 Å². The molecule has 5 nitrogen and oxygen atoms in total. The predicted molar refractivity (Wildman–Crippen MR) is 60.3 cm³/mol. The minimum absolute atomic E-state index is 0.0272. The van der Waals surface area contributed by atoms with Crippen molar-refractivity contribution in [3.05, 3.63) is 17.3 Å². The maximum Gasteiger partial charge on any atom is 0.373 e. The fraction of sp³-hybridized carbons (Fsp3) is 0.667. The van der Waals surface area contributed by atoms with Gasteiger partial charge < -0.3 is 14.3 Å². The largest absolute Gasteiger partial charge is 0.475 e. The maximum absolute atomic E-state index is 11.1. The summed E-state index contributed by atoms with van der Waals surface area (Å²) in [6.45, 7) is 5.15. The number of carboxylic acids is 1. The number of hydrogen-bond acceptors (Lipinski definition) is 4. The highest BCUT2D eigenvalue weighted by atomic mass is 16.5. The highest BCUT2D eigenvalue weighted by molar-refractivity contribution is 5.85. The standard InChI is InChI=1S/C12H17NO4/c1-7(2)9-10(12(14)15)17-11(13-9)8-4-3-5-16-6-8/h7-8H,3-6H2,1-2H3,(H,14,15). The minimum Gasteiger partial charge on any atom is -0.475 e. The molecule has 2 rings (SSSR count). The second-order valence-corrected chi connectivity index (χ2v) is 4.64. The van der Waals surface area contributed by atoms with Crippen LogP contribution in [0.3, 0.4) is 0 Å². The van der Waals surface area contributed by atoms with Gasteiger partial charge in [-0.3, -0.25) is 0 Å². The van der Waals surface area contributed by atoms with E-state index in [0.717, 1.165) is 19.4 Å². The Morgan fingerprint density at radius 2 is 2.29 bits per heavy atom. The zero-order chi connectivity index (χ0) is 12.4. The van der Waals surface area contributed by atoms with Gasteiger partial charge in [-0.2, -0.15) is 0 Å². The van der Waals surface area contributed by atoms with Crippen molar-refractivity contribution in [2.75, 3.05) is 13.2 Å². The molecule has 0 amide bonds. The summed E-state index contributed by atoms with van der Waals surface area (Å²) in [6.07, 6.45) is 1.91. The third-order valence-electron chi connectivity index (χ3n) is 2.92. The molecule has 94 valence electrons. The summed E-state index contributed by atoms with van der Waals surface area (Å²) in [6, 6.07) is 0.